The number of hydrogen-bond acceptors (Lipinski definition) is 4. The van der Waals surface area contributed by atoms with Crippen molar-refractivity contribution in [3.8, 4) is 11.5 Å². The predicted octanol–water partition coefficient (Wildman–Crippen LogP) is 2.28. The van der Waals surface area contributed by atoms with E-state index in [-0.39, 0.29) is 17.6 Å². The molecule has 21 heavy (non-hydrogen) atoms. The van der Waals surface area contributed by atoms with Crippen molar-refractivity contribution in [1.29, 1.82) is 0 Å². The lowest BCUT2D eigenvalue weighted by Crippen LogP contribution is -2.24. The molecule has 1 unspecified atom stereocenters. The van der Waals surface area contributed by atoms with Crippen LogP contribution in [0.25, 0.3) is 0 Å². The van der Waals surface area contributed by atoms with E-state index >= 15 is 0 Å². The number of nitrogens with one attached hydrogen (secondary N) is 1. The van der Waals surface area contributed by atoms with Gasteiger partial charge in [-0.1, -0.05) is 13.0 Å². The van der Waals surface area contributed by atoms with Crippen molar-refractivity contribution in [2.24, 2.45) is 7.05 Å². The van der Waals surface area contributed by atoms with Crippen LogP contribution in [-0.4, -0.2) is 30.5 Å². The quantitative estimate of drug-likeness (QED) is 0.887. The zero-order chi connectivity index (χ0) is 15.4. The third-order valence-corrected chi connectivity index (χ3v) is 3.36. The molecule has 0 spiro atoms. The van der Waals surface area contributed by atoms with E-state index in [0.29, 0.717) is 5.75 Å². The number of halogens is 1. The molecule has 1 aromatic heterocycles. The van der Waals surface area contributed by atoms with E-state index in [0.717, 1.165) is 17.8 Å². The average Bonchev–Trinajstić information content (AvgIpc) is 2.86. The number of rotatable bonds is 6. The molecule has 0 radical (unpaired) electrons. The molecule has 0 aliphatic carbocycles. The van der Waals surface area contributed by atoms with Gasteiger partial charge in [-0.25, -0.2) is 4.39 Å². The van der Waals surface area contributed by atoms with Gasteiger partial charge in [-0.15, -0.1) is 0 Å². The molecule has 1 atom stereocenters. The lowest BCUT2D eigenvalue weighted by Gasteiger charge is -2.20. The van der Waals surface area contributed by atoms with E-state index in [1.165, 1.54) is 13.2 Å². The first-order valence-electron chi connectivity index (χ1n) is 6.75. The summed E-state index contributed by atoms with van der Waals surface area (Å²) in [5.74, 6) is 0.525. The second-order valence-electron chi connectivity index (χ2n) is 4.61. The minimum absolute atomic E-state index is 0.160. The number of aryl methyl sites for hydroxylation is 1. The molecule has 114 valence electrons. The van der Waals surface area contributed by atoms with E-state index < -0.39 is 0 Å². The van der Waals surface area contributed by atoms with Crippen LogP contribution in [-0.2, 0) is 7.05 Å². The van der Waals surface area contributed by atoms with Crippen LogP contribution < -0.4 is 14.8 Å². The summed E-state index contributed by atoms with van der Waals surface area (Å²) in [6, 6.07) is 4.67. The van der Waals surface area contributed by atoms with E-state index in [1.54, 1.807) is 30.1 Å². The van der Waals surface area contributed by atoms with Gasteiger partial charge >= 0.3 is 0 Å². The van der Waals surface area contributed by atoms with Gasteiger partial charge in [-0.2, -0.15) is 5.10 Å². The summed E-state index contributed by atoms with van der Waals surface area (Å²) < 4.78 is 25.8. The maximum absolute atomic E-state index is 13.6. The summed E-state index contributed by atoms with van der Waals surface area (Å²) >= 11 is 0. The van der Waals surface area contributed by atoms with Crippen molar-refractivity contribution in [2.45, 2.75) is 13.0 Å². The Hall–Kier alpha value is -2.08. The summed E-state index contributed by atoms with van der Waals surface area (Å²) in [6.45, 7) is 2.76. The highest BCUT2D eigenvalue weighted by atomic mass is 19.1. The predicted molar refractivity (Wildman–Crippen MR) is 78.2 cm³/mol. The monoisotopic (exact) mass is 293 g/mol. The molecule has 0 fully saturated rings. The van der Waals surface area contributed by atoms with Gasteiger partial charge in [0.2, 0.25) is 0 Å². The molecular weight excluding hydrogens is 273 g/mol. The van der Waals surface area contributed by atoms with Gasteiger partial charge in [0.05, 0.1) is 26.5 Å². The molecule has 5 nitrogen and oxygen atoms in total. The molecule has 1 aromatic carbocycles. The fraction of sp³-hybridized carbons (Fsp3) is 0.400. The SMILES string of the molecule is CCNC(c1ccc(F)c(OC)c1)c1c(OC)cnn1C. The highest BCUT2D eigenvalue weighted by molar-refractivity contribution is 5.40. The Morgan fingerprint density at radius 2 is 2.00 bits per heavy atom. The van der Waals surface area contributed by atoms with Crippen molar-refractivity contribution in [3.63, 3.8) is 0 Å². The molecule has 0 aliphatic rings. The summed E-state index contributed by atoms with van der Waals surface area (Å²) in [5, 5.41) is 7.59. The molecule has 0 saturated heterocycles. The zero-order valence-electron chi connectivity index (χ0n) is 12.7. The largest absolute Gasteiger partial charge is 0.494 e. The standard InChI is InChI=1S/C15H20FN3O2/c1-5-17-14(15-13(21-4)9-18-19(15)2)10-6-7-11(16)12(8-10)20-3/h6-9,14,17H,5H2,1-4H3. The Balaban J connectivity index is 2.50. The van der Waals surface area contributed by atoms with Crippen LogP contribution in [0.5, 0.6) is 11.5 Å². The minimum atomic E-state index is -0.381. The van der Waals surface area contributed by atoms with Gasteiger partial charge in [0.25, 0.3) is 0 Å². The number of hydrogen-bond donors (Lipinski definition) is 1. The molecule has 0 bridgehead atoms. The smallest absolute Gasteiger partial charge is 0.165 e. The molecule has 2 aromatic rings. The van der Waals surface area contributed by atoms with Crippen molar-refractivity contribution in [1.82, 2.24) is 15.1 Å². The van der Waals surface area contributed by atoms with Crippen LogP contribution in [0, 0.1) is 5.82 Å². The van der Waals surface area contributed by atoms with Gasteiger partial charge in [-0.05, 0) is 24.2 Å². The topological polar surface area (TPSA) is 48.3 Å². The van der Waals surface area contributed by atoms with Gasteiger partial charge in [0.1, 0.15) is 5.69 Å². The van der Waals surface area contributed by atoms with Crippen LogP contribution in [0.3, 0.4) is 0 Å². The van der Waals surface area contributed by atoms with E-state index in [4.69, 9.17) is 9.47 Å². The molecule has 1 N–H and O–H groups in total. The third-order valence-electron chi connectivity index (χ3n) is 3.36. The Morgan fingerprint density at radius 3 is 2.62 bits per heavy atom. The average molecular weight is 293 g/mol. The maximum Gasteiger partial charge on any atom is 0.165 e. The Kier molecular flexibility index (Phi) is 4.80. The van der Waals surface area contributed by atoms with Gasteiger partial charge in [0.15, 0.2) is 17.3 Å². The van der Waals surface area contributed by atoms with E-state index in [2.05, 4.69) is 10.4 Å². The lowest BCUT2D eigenvalue weighted by molar-refractivity contribution is 0.384. The van der Waals surface area contributed by atoms with E-state index in [1.807, 2.05) is 14.0 Å². The first-order valence-corrected chi connectivity index (χ1v) is 6.75. The fourth-order valence-corrected chi connectivity index (χ4v) is 2.35. The van der Waals surface area contributed by atoms with Crippen LogP contribution in [0.1, 0.15) is 24.2 Å². The molecule has 1 heterocycles. The van der Waals surface area contributed by atoms with Gasteiger partial charge in [0, 0.05) is 7.05 Å². The lowest BCUT2D eigenvalue weighted by atomic mass is 10.0. The summed E-state index contributed by atoms with van der Waals surface area (Å²) in [5.41, 5.74) is 1.77. The maximum atomic E-state index is 13.6. The fourth-order valence-electron chi connectivity index (χ4n) is 2.35. The third kappa shape index (κ3) is 3.00. The normalized spacial score (nSPS) is 12.2. The number of ether oxygens (including phenoxy) is 2. The number of nitrogens with zero attached hydrogens (tertiary/aromatic N) is 2. The number of benzene rings is 1. The highest BCUT2D eigenvalue weighted by Gasteiger charge is 2.22. The number of methoxy groups -OCH3 is 2. The molecule has 0 amide bonds. The van der Waals surface area contributed by atoms with Crippen molar-refractivity contribution in [2.75, 3.05) is 20.8 Å². The molecule has 2 rings (SSSR count). The molecular formula is C15H20FN3O2. The zero-order valence-corrected chi connectivity index (χ0v) is 12.7. The van der Waals surface area contributed by atoms with Crippen LogP contribution in [0.2, 0.25) is 0 Å². The second kappa shape index (κ2) is 6.58. The Bertz CT molecular complexity index is 613. The number of aromatic nitrogens is 2. The highest BCUT2D eigenvalue weighted by Crippen LogP contribution is 2.31. The molecule has 0 saturated carbocycles. The van der Waals surface area contributed by atoms with Crippen LogP contribution in [0.15, 0.2) is 24.4 Å². The molecule has 0 aliphatic heterocycles. The van der Waals surface area contributed by atoms with Crippen molar-refractivity contribution >= 4 is 0 Å². The summed E-state index contributed by atoms with van der Waals surface area (Å²) in [4.78, 5) is 0. The van der Waals surface area contributed by atoms with E-state index in [9.17, 15) is 4.39 Å². The van der Waals surface area contributed by atoms with Crippen molar-refractivity contribution in [3.05, 3.63) is 41.5 Å². The van der Waals surface area contributed by atoms with Gasteiger partial charge < -0.3 is 14.8 Å². The minimum Gasteiger partial charge on any atom is -0.494 e. The Morgan fingerprint density at radius 1 is 1.29 bits per heavy atom. The molecule has 6 heteroatoms. The van der Waals surface area contributed by atoms with Crippen LogP contribution in [0.4, 0.5) is 4.39 Å². The van der Waals surface area contributed by atoms with Gasteiger partial charge in [-0.3, -0.25) is 4.68 Å². The van der Waals surface area contributed by atoms with Crippen molar-refractivity contribution < 1.29 is 13.9 Å². The Labute approximate surface area is 123 Å². The first-order chi connectivity index (χ1) is 10.1. The summed E-state index contributed by atoms with van der Waals surface area (Å²) in [6.07, 6.45) is 1.67. The second-order valence-corrected chi connectivity index (χ2v) is 4.61. The van der Waals surface area contributed by atoms with Crippen LogP contribution >= 0.6 is 0 Å². The summed E-state index contributed by atoms with van der Waals surface area (Å²) in [7, 11) is 4.91. The first kappa shape index (κ1) is 15.3.